The van der Waals surface area contributed by atoms with Crippen molar-refractivity contribution in [3.05, 3.63) is 58.9 Å². The first-order valence-electron chi connectivity index (χ1n) is 5.98. The lowest BCUT2D eigenvalue weighted by atomic mass is 10.1. The van der Waals surface area contributed by atoms with Gasteiger partial charge in [-0.2, -0.15) is 0 Å². The predicted octanol–water partition coefficient (Wildman–Crippen LogP) is 3.21. The van der Waals surface area contributed by atoms with E-state index in [1.54, 1.807) is 0 Å². The first-order chi connectivity index (χ1) is 8.15. The van der Waals surface area contributed by atoms with Gasteiger partial charge in [0.25, 0.3) is 0 Å². The molecule has 1 atom stereocenters. The van der Waals surface area contributed by atoms with Gasteiger partial charge in [-0.05, 0) is 38.0 Å². The second-order valence-corrected chi connectivity index (χ2v) is 4.51. The number of aliphatic hydroxyl groups excluding tert-OH is 1. The molecule has 0 saturated carbocycles. The van der Waals surface area contributed by atoms with Crippen LogP contribution in [0.3, 0.4) is 0 Å². The summed E-state index contributed by atoms with van der Waals surface area (Å²) in [7, 11) is 0. The van der Waals surface area contributed by atoms with Crippen molar-refractivity contribution in [3.63, 3.8) is 0 Å². The average molecular weight is 229 g/mol. The molecule has 0 spiro atoms. The quantitative estimate of drug-likeness (QED) is 0.859. The van der Waals surface area contributed by atoms with Gasteiger partial charge in [0.2, 0.25) is 0 Å². The molecule has 2 heteroatoms. The number of hydrogen-bond acceptors (Lipinski definition) is 1. The Balaban J connectivity index is 2.44. The van der Waals surface area contributed by atoms with Crippen LogP contribution in [0, 0.1) is 13.8 Å². The molecular formula is C15H19NO. The van der Waals surface area contributed by atoms with E-state index >= 15 is 0 Å². The molecule has 2 rings (SSSR count). The zero-order valence-electron chi connectivity index (χ0n) is 10.6. The fourth-order valence-corrected chi connectivity index (χ4v) is 2.48. The van der Waals surface area contributed by atoms with Crippen molar-refractivity contribution in [3.8, 4) is 0 Å². The first-order valence-corrected chi connectivity index (χ1v) is 5.98. The van der Waals surface area contributed by atoms with E-state index in [9.17, 15) is 5.11 Å². The molecule has 17 heavy (non-hydrogen) atoms. The van der Waals surface area contributed by atoms with Crippen LogP contribution < -0.4 is 0 Å². The molecule has 90 valence electrons. The molecule has 0 unspecified atom stereocenters. The lowest BCUT2D eigenvalue weighted by Gasteiger charge is -2.19. The number of hydrogen-bond donors (Lipinski definition) is 1. The summed E-state index contributed by atoms with van der Waals surface area (Å²) in [6.07, 6.45) is 0. The third-order valence-corrected chi connectivity index (χ3v) is 3.43. The van der Waals surface area contributed by atoms with E-state index in [0.717, 1.165) is 11.3 Å². The van der Waals surface area contributed by atoms with Gasteiger partial charge in [0.15, 0.2) is 0 Å². The monoisotopic (exact) mass is 229 g/mol. The topological polar surface area (TPSA) is 25.2 Å². The Morgan fingerprint density at radius 2 is 1.82 bits per heavy atom. The molecule has 0 amide bonds. The highest BCUT2D eigenvalue weighted by atomic mass is 16.3. The molecule has 2 nitrogen and oxygen atoms in total. The van der Waals surface area contributed by atoms with Crippen LogP contribution >= 0.6 is 0 Å². The van der Waals surface area contributed by atoms with Crippen molar-refractivity contribution in [1.82, 2.24) is 4.57 Å². The maximum absolute atomic E-state index is 9.30. The number of benzene rings is 1. The minimum Gasteiger partial charge on any atom is -0.392 e. The van der Waals surface area contributed by atoms with E-state index in [2.05, 4.69) is 55.7 Å². The van der Waals surface area contributed by atoms with Crippen LogP contribution in [-0.4, -0.2) is 9.67 Å². The standard InChI is InChI=1S/C15H19NO/c1-11-9-15(10-17)13(3)16(11)12(2)14-7-5-4-6-8-14/h4-9,12,17H,10H2,1-3H3/t12-/m1/s1. The molecule has 0 aliphatic rings. The van der Waals surface area contributed by atoms with Crippen molar-refractivity contribution in [1.29, 1.82) is 0 Å². The van der Waals surface area contributed by atoms with E-state index in [0.29, 0.717) is 6.04 Å². The smallest absolute Gasteiger partial charge is 0.0699 e. The van der Waals surface area contributed by atoms with Crippen LogP contribution in [0.4, 0.5) is 0 Å². The summed E-state index contributed by atoms with van der Waals surface area (Å²) in [6.45, 7) is 6.46. The average Bonchev–Trinajstić information content (AvgIpc) is 2.64. The van der Waals surface area contributed by atoms with Crippen LogP contribution in [0.25, 0.3) is 0 Å². The summed E-state index contributed by atoms with van der Waals surface area (Å²) < 4.78 is 2.28. The Labute approximate surface area is 103 Å². The summed E-state index contributed by atoms with van der Waals surface area (Å²) in [4.78, 5) is 0. The summed E-state index contributed by atoms with van der Waals surface area (Å²) in [5, 5.41) is 9.30. The van der Waals surface area contributed by atoms with Crippen molar-refractivity contribution in [2.75, 3.05) is 0 Å². The Hall–Kier alpha value is -1.54. The van der Waals surface area contributed by atoms with E-state index in [1.807, 2.05) is 6.07 Å². The molecule has 1 heterocycles. The molecule has 1 N–H and O–H groups in total. The van der Waals surface area contributed by atoms with Crippen LogP contribution in [0.2, 0.25) is 0 Å². The third-order valence-electron chi connectivity index (χ3n) is 3.43. The SMILES string of the molecule is Cc1cc(CO)c(C)n1[C@H](C)c1ccccc1. The molecular weight excluding hydrogens is 210 g/mol. The van der Waals surface area contributed by atoms with E-state index in [-0.39, 0.29) is 6.61 Å². The number of nitrogens with zero attached hydrogens (tertiary/aromatic N) is 1. The summed E-state index contributed by atoms with van der Waals surface area (Å²) in [6, 6.07) is 12.8. The molecule has 2 aromatic rings. The Morgan fingerprint density at radius 1 is 1.18 bits per heavy atom. The summed E-state index contributed by atoms with van der Waals surface area (Å²) in [5.41, 5.74) is 4.66. The van der Waals surface area contributed by atoms with Gasteiger partial charge >= 0.3 is 0 Å². The maximum Gasteiger partial charge on any atom is 0.0699 e. The summed E-state index contributed by atoms with van der Waals surface area (Å²) >= 11 is 0. The molecule has 1 aromatic heterocycles. The minimum absolute atomic E-state index is 0.112. The van der Waals surface area contributed by atoms with Crippen molar-refractivity contribution in [2.24, 2.45) is 0 Å². The highest BCUT2D eigenvalue weighted by Crippen LogP contribution is 2.25. The Kier molecular flexibility index (Phi) is 3.34. The van der Waals surface area contributed by atoms with Crippen LogP contribution in [-0.2, 0) is 6.61 Å². The van der Waals surface area contributed by atoms with Gasteiger partial charge in [0, 0.05) is 11.4 Å². The molecule has 1 aromatic carbocycles. The molecule has 0 aliphatic heterocycles. The van der Waals surface area contributed by atoms with E-state index < -0.39 is 0 Å². The van der Waals surface area contributed by atoms with Crippen molar-refractivity contribution < 1.29 is 5.11 Å². The normalized spacial score (nSPS) is 12.7. The van der Waals surface area contributed by atoms with Crippen LogP contribution in [0.1, 0.15) is 35.5 Å². The van der Waals surface area contributed by atoms with Gasteiger partial charge in [0.05, 0.1) is 12.6 Å². The van der Waals surface area contributed by atoms with Crippen LogP contribution in [0.5, 0.6) is 0 Å². The molecule has 0 radical (unpaired) electrons. The molecule has 0 saturated heterocycles. The largest absolute Gasteiger partial charge is 0.392 e. The number of aliphatic hydroxyl groups is 1. The first kappa shape index (κ1) is 11.9. The minimum atomic E-state index is 0.112. The fourth-order valence-electron chi connectivity index (χ4n) is 2.48. The van der Waals surface area contributed by atoms with Crippen LogP contribution in [0.15, 0.2) is 36.4 Å². The second-order valence-electron chi connectivity index (χ2n) is 4.51. The van der Waals surface area contributed by atoms with Crippen molar-refractivity contribution in [2.45, 2.75) is 33.4 Å². The highest BCUT2D eigenvalue weighted by Gasteiger charge is 2.14. The fraction of sp³-hybridized carbons (Fsp3) is 0.333. The van der Waals surface area contributed by atoms with Crippen molar-refractivity contribution >= 4 is 0 Å². The lowest BCUT2D eigenvalue weighted by molar-refractivity contribution is 0.280. The molecule has 0 bridgehead atoms. The van der Waals surface area contributed by atoms with Gasteiger partial charge in [-0.1, -0.05) is 30.3 Å². The van der Waals surface area contributed by atoms with Gasteiger partial charge in [-0.25, -0.2) is 0 Å². The highest BCUT2D eigenvalue weighted by molar-refractivity contribution is 5.30. The Morgan fingerprint density at radius 3 is 2.35 bits per heavy atom. The predicted molar refractivity (Wildman–Crippen MR) is 70.1 cm³/mol. The van der Waals surface area contributed by atoms with Gasteiger partial charge in [-0.3, -0.25) is 0 Å². The van der Waals surface area contributed by atoms with E-state index in [4.69, 9.17) is 0 Å². The number of aromatic nitrogens is 1. The Bertz CT molecular complexity index is 499. The van der Waals surface area contributed by atoms with Gasteiger partial charge in [-0.15, -0.1) is 0 Å². The third kappa shape index (κ3) is 2.13. The second kappa shape index (κ2) is 4.76. The maximum atomic E-state index is 9.30. The number of rotatable bonds is 3. The molecule has 0 fully saturated rings. The zero-order valence-corrected chi connectivity index (χ0v) is 10.6. The molecule has 0 aliphatic carbocycles. The van der Waals surface area contributed by atoms with E-state index in [1.165, 1.54) is 11.3 Å². The van der Waals surface area contributed by atoms with Gasteiger partial charge in [0.1, 0.15) is 0 Å². The lowest BCUT2D eigenvalue weighted by Crippen LogP contribution is -2.10. The van der Waals surface area contributed by atoms with Gasteiger partial charge < -0.3 is 9.67 Å². The zero-order chi connectivity index (χ0) is 12.4. The summed E-state index contributed by atoms with van der Waals surface area (Å²) in [5.74, 6) is 0. The number of aryl methyl sites for hydroxylation is 1.